The number of carbonyl (C=O) groups is 1. The number of aromatic nitrogens is 3. The minimum absolute atomic E-state index is 0.0661. The van der Waals surface area contributed by atoms with Crippen molar-refractivity contribution in [3.8, 4) is 17.1 Å². The number of hydrogen-bond donors (Lipinski definition) is 1. The van der Waals surface area contributed by atoms with Crippen LogP contribution in [0.4, 0.5) is 0 Å². The van der Waals surface area contributed by atoms with E-state index in [0.29, 0.717) is 24.3 Å². The molecule has 140 valence electrons. The number of carbonyl (C=O) groups excluding carboxylic acids is 1. The Labute approximate surface area is 158 Å². The Morgan fingerprint density at radius 1 is 1.31 bits per heavy atom. The van der Waals surface area contributed by atoms with Gasteiger partial charge in [-0.3, -0.25) is 4.79 Å². The summed E-state index contributed by atoms with van der Waals surface area (Å²) in [5.74, 6) is 2.60. The fourth-order valence-corrected chi connectivity index (χ4v) is 3.30. The van der Waals surface area contributed by atoms with Crippen LogP contribution >= 0.6 is 11.8 Å². The van der Waals surface area contributed by atoms with Crippen molar-refractivity contribution in [1.29, 1.82) is 0 Å². The van der Waals surface area contributed by atoms with Crippen LogP contribution < -0.4 is 10.1 Å². The number of thioether (sulfide) groups is 1. The smallest absolute Gasteiger partial charge is 0.230 e. The second kappa shape index (κ2) is 8.58. The standard InChI is InChI=1S/C19H26N4O2S/c1-4-23-18(14-5-9-16(10-6-14)25-11-13(2)3)21-22-19(23)26-12-17(24)20-15-7-8-15/h5-6,9-10,13,15H,4,7-8,11-12H2,1-3H3,(H,20,24). The molecule has 6 nitrogen and oxygen atoms in total. The van der Waals surface area contributed by atoms with Gasteiger partial charge < -0.3 is 14.6 Å². The molecular formula is C19H26N4O2S. The molecule has 7 heteroatoms. The topological polar surface area (TPSA) is 69.0 Å². The van der Waals surface area contributed by atoms with Crippen LogP contribution in [-0.4, -0.2) is 39.1 Å². The van der Waals surface area contributed by atoms with E-state index in [-0.39, 0.29) is 5.91 Å². The second-order valence-electron chi connectivity index (χ2n) is 6.91. The van der Waals surface area contributed by atoms with E-state index in [1.54, 1.807) is 0 Å². The highest BCUT2D eigenvalue weighted by Crippen LogP contribution is 2.26. The van der Waals surface area contributed by atoms with E-state index >= 15 is 0 Å². The average molecular weight is 375 g/mol. The van der Waals surface area contributed by atoms with Gasteiger partial charge in [0.2, 0.25) is 5.91 Å². The molecule has 1 fully saturated rings. The van der Waals surface area contributed by atoms with Crippen molar-refractivity contribution in [2.24, 2.45) is 5.92 Å². The third-order valence-electron chi connectivity index (χ3n) is 4.00. The van der Waals surface area contributed by atoms with E-state index < -0.39 is 0 Å². The quantitative estimate of drug-likeness (QED) is 0.682. The summed E-state index contributed by atoms with van der Waals surface area (Å²) in [4.78, 5) is 11.9. The van der Waals surface area contributed by atoms with Crippen molar-refractivity contribution in [1.82, 2.24) is 20.1 Å². The van der Waals surface area contributed by atoms with Crippen LogP contribution in [0.5, 0.6) is 5.75 Å². The highest BCUT2D eigenvalue weighted by Gasteiger charge is 2.23. The summed E-state index contributed by atoms with van der Waals surface area (Å²) in [5.41, 5.74) is 0.991. The van der Waals surface area contributed by atoms with Crippen molar-refractivity contribution >= 4 is 17.7 Å². The maximum Gasteiger partial charge on any atom is 0.230 e. The third-order valence-corrected chi connectivity index (χ3v) is 4.97. The molecule has 0 aliphatic heterocycles. The highest BCUT2D eigenvalue weighted by atomic mass is 32.2. The number of benzene rings is 1. The molecule has 1 aliphatic rings. The van der Waals surface area contributed by atoms with Gasteiger partial charge in [0.1, 0.15) is 5.75 Å². The first kappa shape index (κ1) is 18.8. The SMILES string of the molecule is CCn1c(SCC(=O)NC2CC2)nnc1-c1ccc(OCC(C)C)cc1. The molecule has 26 heavy (non-hydrogen) atoms. The lowest BCUT2D eigenvalue weighted by Crippen LogP contribution is -2.27. The Morgan fingerprint density at radius 2 is 2.04 bits per heavy atom. The van der Waals surface area contributed by atoms with Gasteiger partial charge in [-0.25, -0.2) is 0 Å². The van der Waals surface area contributed by atoms with Crippen LogP contribution in [0.1, 0.15) is 33.6 Å². The van der Waals surface area contributed by atoms with Crippen molar-refractivity contribution < 1.29 is 9.53 Å². The molecule has 0 saturated heterocycles. The lowest BCUT2D eigenvalue weighted by Gasteiger charge is -2.10. The molecule has 1 amide bonds. The first-order valence-corrected chi connectivity index (χ1v) is 10.1. The lowest BCUT2D eigenvalue weighted by atomic mass is 10.2. The fourth-order valence-electron chi connectivity index (χ4n) is 2.48. The summed E-state index contributed by atoms with van der Waals surface area (Å²) in [5, 5.41) is 12.4. The molecule has 0 spiro atoms. The molecule has 1 N–H and O–H groups in total. The Bertz CT molecular complexity index is 738. The molecule has 0 radical (unpaired) electrons. The van der Waals surface area contributed by atoms with Crippen LogP contribution in [0.2, 0.25) is 0 Å². The normalized spacial score (nSPS) is 13.8. The van der Waals surface area contributed by atoms with E-state index in [4.69, 9.17) is 4.74 Å². The molecule has 1 aromatic carbocycles. The van der Waals surface area contributed by atoms with E-state index in [9.17, 15) is 4.79 Å². The van der Waals surface area contributed by atoms with Gasteiger partial charge in [0.05, 0.1) is 12.4 Å². The Kier molecular flexibility index (Phi) is 6.19. The van der Waals surface area contributed by atoms with E-state index in [1.807, 2.05) is 28.8 Å². The number of hydrogen-bond acceptors (Lipinski definition) is 5. The minimum Gasteiger partial charge on any atom is -0.493 e. The Morgan fingerprint density at radius 3 is 2.65 bits per heavy atom. The lowest BCUT2D eigenvalue weighted by molar-refractivity contribution is -0.118. The van der Waals surface area contributed by atoms with Crippen molar-refractivity contribution in [2.45, 2.75) is 51.4 Å². The summed E-state index contributed by atoms with van der Waals surface area (Å²) in [6.07, 6.45) is 2.20. The van der Waals surface area contributed by atoms with Crippen molar-refractivity contribution in [3.63, 3.8) is 0 Å². The van der Waals surface area contributed by atoms with Crippen molar-refractivity contribution in [3.05, 3.63) is 24.3 Å². The van der Waals surface area contributed by atoms with E-state index in [1.165, 1.54) is 11.8 Å². The van der Waals surface area contributed by atoms with Gasteiger partial charge in [0.25, 0.3) is 0 Å². The first-order chi connectivity index (χ1) is 12.6. The molecule has 0 unspecified atom stereocenters. The molecule has 2 aromatic rings. The van der Waals surface area contributed by atoms with Gasteiger partial charge in [0, 0.05) is 18.2 Å². The average Bonchev–Trinajstić information content (AvgIpc) is 3.34. The van der Waals surface area contributed by atoms with Gasteiger partial charge in [-0.05, 0) is 49.9 Å². The molecular weight excluding hydrogens is 348 g/mol. The zero-order valence-electron chi connectivity index (χ0n) is 15.6. The van der Waals surface area contributed by atoms with Crippen LogP contribution in [0.3, 0.4) is 0 Å². The summed E-state index contributed by atoms with van der Waals surface area (Å²) >= 11 is 1.43. The van der Waals surface area contributed by atoms with Gasteiger partial charge >= 0.3 is 0 Å². The van der Waals surface area contributed by atoms with Gasteiger partial charge in [-0.1, -0.05) is 25.6 Å². The Balaban J connectivity index is 1.65. The van der Waals surface area contributed by atoms with Gasteiger partial charge in [0.15, 0.2) is 11.0 Å². The Hall–Kier alpha value is -2.02. The first-order valence-electron chi connectivity index (χ1n) is 9.15. The molecule has 1 aliphatic carbocycles. The monoisotopic (exact) mass is 374 g/mol. The second-order valence-corrected chi connectivity index (χ2v) is 7.85. The number of nitrogens with zero attached hydrogens (tertiary/aromatic N) is 3. The van der Waals surface area contributed by atoms with Gasteiger partial charge in [-0.2, -0.15) is 0 Å². The molecule has 0 atom stereocenters. The zero-order valence-corrected chi connectivity index (χ0v) is 16.4. The molecule has 1 saturated carbocycles. The predicted octanol–water partition coefficient (Wildman–Crippen LogP) is 3.37. The maximum atomic E-state index is 11.9. The summed E-state index contributed by atoms with van der Waals surface area (Å²) < 4.78 is 7.77. The number of ether oxygens (including phenoxy) is 1. The summed E-state index contributed by atoms with van der Waals surface area (Å²) in [6.45, 7) is 7.76. The molecule has 0 bridgehead atoms. The third kappa shape index (κ3) is 5.00. The highest BCUT2D eigenvalue weighted by molar-refractivity contribution is 7.99. The largest absolute Gasteiger partial charge is 0.493 e. The zero-order chi connectivity index (χ0) is 18.5. The van der Waals surface area contributed by atoms with Crippen LogP contribution in [0, 0.1) is 5.92 Å². The summed E-state index contributed by atoms with van der Waals surface area (Å²) in [7, 11) is 0. The number of rotatable bonds is 9. The maximum absolute atomic E-state index is 11.9. The fraction of sp³-hybridized carbons (Fsp3) is 0.526. The predicted molar refractivity (Wildman–Crippen MR) is 103 cm³/mol. The molecule has 3 rings (SSSR count). The number of amides is 1. The van der Waals surface area contributed by atoms with Crippen molar-refractivity contribution in [2.75, 3.05) is 12.4 Å². The summed E-state index contributed by atoms with van der Waals surface area (Å²) in [6, 6.07) is 8.31. The van der Waals surface area contributed by atoms with Gasteiger partial charge in [-0.15, -0.1) is 10.2 Å². The van der Waals surface area contributed by atoms with Crippen LogP contribution in [0.25, 0.3) is 11.4 Å². The van der Waals surface area contributed by atoms with E-state index in [0.717, 1.165) is 41.7 Å². The molecule has 1 aromatic heterocycles. The van der Waals surface area contributed by atoms with Crippen LogP contribution in [0.15, 0.2) is 29.4 Å². The van der Waals surface area contributed by atoms with Crippen LogP contribution in [-0.2, 0) is 11.3 Å². The molecule has 1 heterocycles. The van der Waals surface area contributed by atoms with E-state index in [2.05, 4.69) is 36.3 Å². The number of nitrogens with one attached hydrogen (secondary N) is 1. The minimum atomic E-state index is 0.0661.